The van der Waals surface area contributed by atoms with Gasteiger partial charge in [-0.3, -0.25) is 9.10 Å². The Balaban J connectivity index is 1.87. The first kappa shape index (κ1) is 23.9. The lowest BCUT2D eigenvalue weighted by Gasteiger charge is -2.25. The lowest BCUT2D eigenvalue weighted by atomic mass is 10.1. The molecule has 0 heterocycles. The third-order valence-corrected chi connectivity index (χ3v) is 7.74. The highest BCUT2D eigenvalue weighted by atomic mass is 32.2. The van der Waals surface area contributed by atoms with Gasteiger partial charge in [-0.2, -0.15) is 0 Å². The number of nitrogens with one attached hydrogen (secondary N) is 1. The van der Waals surface area contributed by atoms with Crippen LogP contribution in [-0.2, 0) is 14.8 Å². The molecule has 0 aliphatic rings. The van der Waals surface area contributed by atoms with Crippen molar-refractivity contribution in [1.82, 2.24) is 5.32 Å². The van der Waals surface area contributed by atoms with Gasteiger partial charge in [0.05, 0.1) is 16.6 Å². The van der Waals surface area contributed by atoms with Crippen molar-refractivity contribution in [3.63, 3.8) is 0 Å². The number of amides is 1. The number of hydrogen-bond acceptors (Lipinski definition) is 4. The van der Waals surface area contributed by atoms with Gasteiger partial charge in [0.2, 0.25) is 5.91 Å². The quantitative estimate of drug-likeness (QED) is 0.467. The zero-order valence-corrected chi connectivity index (χ0v) is 20.3. The normalized spacial score (nSPS) is 12.2. The predicted octanol–water partition coefficient (Wildman–Crippen LogP) is 5.10. The number of anilines is 1. The maximum atomic E-state index is 13.5. The van der Waals surface area contributed by atoms with Gasteiger partial charge < -0.3 is 5.32 Å². The van der Waals surface area contributed by atoms with Gasteiger partial charge in [0.25, 0.3) is 10.0 Å². The van der Waals surface area contributed by atoms with Crippen molar-refractivity contribution < 1.29 is 13.2 Å². The first-order valence-electron chi connectivity index (χ1n) is 10.3. The van der Waals surface area contributed by atoms with Crippen LogP contribution < -0.4 is 9.62 Å². The molecule has 1 atom stereocenters. The van der Waals surface area contributed by atoms with Crippen molar-refractivity contribution in [1.29, 1.82) is 0 Å². The molecule has 0 unspecified atom stereocenters. The second kappa shape index (κ2) is 10.2. The molecule has 5 nitrogen and oxygen atoms in total. The van der Waals surface area contributed by atoms with E-state index in [1.807, 2.05) is 63.4 Å². The number of thioether (sulfide) groups is 1. The van der Waals surface area contributed by atoms with E-state index in [0.29, 0.717) is 5.69 Å². The van der Waals surface area contributed by atoms with Crippen molar-refractivity contribution in [3.8, 4) is 0 Å². The standard InChI is InChI=1S/C25H28N2O3S2/c1-18-5-9-21(10-6-18)20(3)26-25(28)17-27(22-11-7-19(2)8-12-22)32(29,30)24-15-13-23(31-4)14-16-24/h5-16,20H,17H2,1-4H3,(H,26,28)/t20-/m1/s1. The van der Waals surface area contributed by atoms with Crippen LogP contribution in [0.5, 0.6) is 0 Å². The maximum Gasteiger partial charge on any atom is 0.264 e. The summed E-state index contributed by atoms with van der Waals surface area (Å²) < 4.78 is 28.1. The van der Waals surface area contributed by atoms with E-state index in [4.69, 9.17) is 0 Å². The van der Waals surface area contributed by atoms with Crippen LogP contribution in [-0.4, -0.2) is 27.1 Å². The second-order valence-electron chi connectivity index (χ2n) is 7.72. The van der Waals surface area contributed by atoms with Crippen LogP contribution in [0.15, 0.2) is 82.6 Å². The zero-order chi connectivity index (χ0) is 23.3. The van der Waals surface area contributed by atoms with E-state index in [9.17, 15) is 13.2 Å². The summed E-state index contributed by atoms with van der Waals surface area (Å²) in [5, 5.41) is 2.92. The molecular formula is C25H28N2O3S2. The van der Waals surface area contributed by atoms with Gasteiger partial charge in [0.1, 0.15) is 6.54 Å². The number of sulfonamides is 1. The number of rotatable bonds is 8. The minimum absolute atomic E-state index is 0.148. The fourth-order valence-corrected chi connectivity index (χ4v) is 5.09. The molecule has 0 spiro atoms. The van der Waals surface area contributed by atoms with Gasteiger partial charge in [-0.05, 0) is 69.0 Å². The van der Waals surface area contributed by atoms with Crippen LogP contribution in [0.1, 0.15) is 29.7 Å². The minimum atomic E-state index is -3.93. The smallest absolute Gasteiger partial charge is 0.264 e. The van der Waals surface area contributed by atoms with Crippen LogP contribution in [0.3, 0.4) is 0 Å². The molecule has 0 fully saturated rings. The Labute approximate surface area is 194 Å². The summed E-state index contributed by atoms with van der Waals surface area (Å²) in [6.07, 6.45) is 1.93. The Morgan fingerprint density at radius 1 is 0.906 bits per heavy atom. The van der Waals surface area contributed by atoms with Crippen molar-refractivity contribution in [2.45, 2.75) is 36.6 Å². The Morgan fingerprint density at radius 3 is 1.97 bits per heavy atom. The van der Waals surface area contributed by atoms with E-state index in [-0.39, 0.29) is 23.4 Å². The number of nitrogens with zero attached hydrogens (tertiary/aromatic N) is 1. The van der Waals surface area contributed by atoms with Crippen molar-refractivity contribution in [2.75, 3.05) is 17.1 Å². The van der Waals surface area contributed by atoms with E-state index < -0.39 is 10.0 Å². The molecule has 1 N–H and O–H groups in total. The van der Waals surface area contributed by atoms with Gasteiger partial charge in [0, 0.05) is 4.90 Å². The molecule has 7 heteroatoms. The summed E-state index contributed by atoms with van der Waals surface area (Å²) in [5.74, 6) is -0.372. The fraction of sp³-hybridized carbons (Fsp3) is 0.240. The van der Waals surface area contributed by atoms with E-state index in [1.165, 1.54) is 11.8 Å². The number of carbonyl (C=O) groups is 1. The predicted molar refractivity (Wildman–Crippen MR) is 132 cm³/mol. The Kier molecular flexibility index (Phi) is 7.64. The summed E-state index contributed by atoms with van der Waals surface area (Å²) >= 11 is 1.54. The highest BCUT2D eigenvalue weighted by Crippen LogP contribution is 2.26. The van der Waals surface area contributed by atoms with Crippen LogP contribution in [0, 0.1) is 13.8 Å². The largest absolute Gasteiger partial charge is 0.348 e. The van der Waals surface area contributed by atoms with Gasteiger partial charge in [-0.15, -0.1) is 11.8 Å². The molecule has 3 aromatic rings. The number of hydrogen-bond donors (Lipinski definition) is 1. The molecule has 0 aliphatic carbocycles. The zero-order valence-electron chi connectivity index (χ0n) is 18.7. The molecule has 3 aromatic carbocycles. The molecule has 0 saturated carbocycles. The highest BCUT2D eigenvalue weighted by molar-refractivity contribution is 7.98. The van der Waals surface area contributed by atoms with E-state index in [0.717, 1.165) is 25.9 Å². The topological polar surface area (TPSA) is 66.5 Å². The molecule has 0 aromatic heterocycles. The molecule has 32 heavy (non-hydrogen) atoms. The lowest BCUT2D eigenvalue weighted by Crippen LogP contribution is -2.41. The summed E-state index contributed by atoms with van der Waals surface area (Å²) in [4.78, 5) is 14.0. The van der Waals surface area contributed by atoms with Crippen molar-refractivity contribution >= 4 is 33.4 Å². The summed E-state index contributed by atoms with van der Waals surface area (Å²) in [5.41, 5.74) is 3.55. The van der Waals surface area contributed by atoms with Crippen molar-refractivity contribution in [3.05, 3.63) is 89.5 Å². The van der Waals surface area contributed by atoms with Crippen LogP contribution in [0.4, 0.5) is 5.69 Å². The van der Waals surface area contributed by atoms with Crippen LogP contribution >= 0.6 is 11.8 Å². The third kappa shape index (κ3) is 5.72. The molecule has 0 bridgehead atoms. The summed E-state index contributed by atoms with van der Waals surface area (Å²) in [7, 11) is -3.93. The van der Waals surface area contributed by atoms with Gasteiger partial charge in [-0.1, -0.05) is 47.5 Å². The third-order valence-electron chi connectivity index (χ3n) is 5.21. The maximum absolute atomic E-state index is 13.5. The first-order valence-corrected chi connectivity index (χ1v) is 13.0. The molecule has 3 rings (SSSR count). The molecule has 0 aliphatic heterocycles. The highest BCUT2D eigenvalue weighted by Gasteiger charge is 2.27. The number of aryl methyl sites for hydroxylation is 2. The molecule has 168 valence electrons. The Hall–Kier alpha value is -2.77. The Morgan fingerprint density at radius 2 is 1.44 bits per heavy atom. The first-order chi connectivity index (χ1) is 15.2. The summed E-state index contributed by atoms with van der Waals surface area (Å²) in [6, 6.07) is 21.5. The van der Waals surface area contributed by atoms with Gasteiger partial charge >= 0.3 is 0 Å². The average Bonchev–Trinajstić information content (AvgIpc) is 2.78. The Bertz CT molecular complexity index is 1160. The van der Waals surface area contributed by atoms with E-state index >= 15 is 0 Å². The van der Waals surface area contributed by atoms with Crippen LogP contribution in [0.25, 0.3) is 0 Å². The minimum Gasteiger partial charge on any atom is -0.348 e. The van der Waals surface area contributed by atoms with E-state index in [2.05, 4.69) is 5.32 Å². The van der Waals surface area contributed by atoms with E-state index in [1.54, 1.807) is 36.4 Å². The van der Waals surface area contributed by atoms with Crippen LogP contribution in [0.2, 0.25) is 0 Å². The summed E-state index contributed by atoms with van der Waals surface area (Å²) in [6.45, 7) is 5.50. The number of carbonyl (C=O) groups excluding carboxylic acids is 1. The molecule has 1 amide bonds. The monoisotopic (exact) mass is 468 g/mol. The SMILES string of the molecule is CSc1ccc(S(=O)(=O)N(CC(=O)N[C@H](C)c2ccc(C)cc2)c2ccc(C)cc2)cc1. The average molecular weight is 469 g/mol. The van der Waals surface area contributed by atoms with Gasteiger partial charge in [0.15, 0.2) is 0 Å². The number of benzene rings is 3. The fourth-order valence-electron chi connectivity index (χ4n) is 3.26. The van der Waals surface area contributed by atoms with Crippen molar-refractivity contribution in [2.24, 2.45) is 0 Å². The molecule has 0 saturated heterocycles. The molecular weight excluding hydrogens is 440 g/mol. The molecule has 0 radical (unpaired) electrons. The lowest BCUT2D eigenvalue weighted by molar-refractivity contribution is -0.120. The second-order valence-corrected chi connectivity index (χ2v) is 10.5. The van der Waals surface area contributed by atoms with Gasteiger partial charge in [-0.25, -0.2) is 8.42 Å².